The normalized spacial score (nSPS) is 20.6. The summed E-state index contributed by atoms with van der Waals surface area (Å²) in [6.45, 7) is 13.9. The lowest BCUT2D eigenvalue weighted by Gasteiger charge is -2.51. The van der Waals surface area contributed by atoms with Crippen LogP contribution in [0.25, 0.3) is 0 Å². The van der Waals surface area contributed by atoms with Gasteiger partial charge < -0.3 is 9.64 Å². The number of benzene rings is 1. The number of hydrogen-bond acceptors (Lipinski definition) is 3. The highest BCUT2D eigenvalue weighted by Crippen LogP contribution is 2.33. The van der Waals surface area contributed by atoms with Crippen LogP contribution in [0.15, 0.2) is 24.3 Å². The van der Waals surface area contributed by atoms with Crippen molar-refractivity contribution in [2.24, 2.45) is 5.92 Å². The van der Waals surface area contributed by atoms with Crippen molar-refractivity contribution in [1.82, 2.24) is 9.80 Å². The topological polar surface area (TPSA) is 32.8 Å². The van der Waals surface area contributed by atoms with Gasteiger partial charge in [0.25, 0.3) is 0 Å². The van der Waals surface area contributed by atoms with Gasteiger partial charge in [-0.25, -0.2) is 0 Å². The van der Waals surface area contributed by atoms with E-state index in [0.29, 0.717) is 37.4 Å². The summed E-state index contributed by atoms with van der Waals surface area (Å²) in [4.78, 5) is 17.5. The molecule has 0 saturated carbocycles. The highest BCUT2D eigenvalue weighted by molar-refractivity contribution is 5.77. The monoisotopic (exact) mass is 372 g/mol. The molecule has 2 saturated heterocycles. The quantitative estimate of drug-likeness (QED) is 0.782. The number of piperidine rings is 1. The average molecular weight is 373 g/mol. The minimum atomic E-state index is -0.0811. The minimum absolute atomic E-state index is 0.0811. The van der Waals surface area contributed by atoms with E-state index in [4.69, 9.17) is 4.74 Å². The summed E-state index contributed by atoms with van der Waals surface area (Å²) in [6, 6.07) is 9.04. The Labute approximate surface area is 164 Å². The second-order valence-electron chi connectivity index (χ2n) is 9.09. The van der Waals surface area contributed by atoms with E-state index in [-0.39, 0.29) is 5.54 Å². The summed E-state index contributed by atoms with van der Waals surface area (Å²) >= 11 is 0. The Balaban J connectivity index is 1.59. The van der Waals surface area contributed by atoms with Gasteiger partial charge in [0.05, 0.1) is 18.8 Å². The van der Waals surface area contributed by atoms with Crippen molar-refractivity contribution in [3.63, 3.8) is 0 Å². The molecule has 0 radical (unpaired) electrons. The molecule has 2 aliphatic heterocycles. The second-order valence-corrected chi connectivity index (χ2v) is 9.09. The Morgan fingerprint density at radius 2 is 1.74 bits per heavy atom. The number of likely N-dealkylation sites (tertiary alicyclic amines) is 1. The fourth-order valence-electron chi connectivity index (χ4n) is 4.39. The molecule has 3 rings (SSSR count). The average Bonchev–Trinajstić information content (AvgIpc) is 2.64. The highest BCUT2D eigenvalue weighted by atomic mass is 16.5. The van der Waals surface area contributed by atoms with Gasteiger partial charge in [0.2, 0.25) is 5.91 Å². The van der Waals surface area contributed by atoms with E-state index in [1.807, 2.05) is 0 Å². The molecule has 2 fully saturated rings. The van der Waals surface area contributed by atoms with Gasteiger partial charge >= 0.3 is 0 Å². The van der Waals surface area contributed by atoms with Crippen molar-refractivity contribution in [3.05, 3.63) is 35.4 Å². The lowest BCUT2D eigenvalue weighted by atomic mass is 9.84. The SMILES string of the molecule is CC(C)CC(=O)N1CCOCC12CCN(Cc1ccc(C(C)C)cc1)CC2. The molecule has 2 heterocycles. The van der Waals surface area contributed by atoms with Crippen molar-refractivity contribution in [2.45, 2.75) is 65.0 Å². The number of nitrogens with zero attached hydrogens (tertiary/aromatic N) is 2. The van der Waals surface area contributed by atoms with Gasteiger partial charge in [0.15, 0.2) is 0 Å². The van der Waals surface area contributed by atoms with Crippen LogP contribution >= 0.6 is 0 Å². The number of amides is 1. The molecule has 1 spiro atoms. The predicted molar refractivity (Wildman–Crippen MR) is 110 cm³/mol. The zero-order chi connectivity index (χ0) is 19.4. The summed E-state index contributed by atoms with van der Waals surface area (Å²) in [6.07, 6.45) is 2.68. The van der Waals surface area contributed by atoms with Crippen molar-refractivity contribution in [3.8, 4) is 0 Å². The van der Waals surface area contributed by atoms with Crippen LogP contribution in [-0.2, 0) is 16.1 Å². The van der Waals surface area contributed by atoms with Gasteiger partial charge in [-0.3, -0.25) is 9.69 Å². The Morgan fingerprint density at radius 3 is 2.33 bits per heavy atom. The molecule has 2 aliphatic rings. The summed E-state index contributed by atoms with van der Waals surface area (Å²) in [5, 5.41) is 0. The Hall–Kier alpha value is -1.39. The lowest BCUT2D eigenvalue weighted by Crippen LogP contribution is -2.63. The van der Waals surface area contributed by atoms with Crippen LogP contribution in [0, 0.1) is 5.92 Å². The number of morpholine rings is 1. The largest absolute Gasteiger partial charge is 0.377 e. The van der Waals surface area contributed by atoms with E-state index < -0.39 is 0 Å². The van der Waals surface area contributed by atoms with Gasteiger partial charge in [0, 0.05) is 32.6 Å². The van der Waals surface area contributed by atoms with E-state index in [0.717, 1.165) is 39.0 Å². The lowest BCUT2D eigenvalue weighted by molar-refractivity contribution is -0.155. The zero-order valence-electron chi connectivity index (χ0n) is 17.5. The fraction of sp³-hybridized carbons (Fsp3) is 0.696. The first-order valence-electron chi connectivity index (χ1n) is 10.6. The van der Waals surface area contributed by atoms with Crippen LogP contribution in [-0.4, -0.2) is 54.1 Å². The standard InChI is InChI=1S/C23H36N2O2/c1-18(2)15-22(26)25-13-14-27-17-23(25)9-11-24(12-10-23)16-20-5-7-21(8-6-20)19(3)4/h5-8,18-19H,9-17H2,1-4H3. The third-order valence-corrected chi connectivity index (χ3v) is 6.13. The summed E-state index contributed by atoms with van der Waals surface area (Å²) in [5.41, 5.74) is 2.69. The van der Waals surface area contributed by atoms with E-state index in [1.54, 1.807) is 0 Å². The molecule has 1 amide bonds. The Morgan fingerprint density at radius 1 is 1.07 bits per heavy atom. The van der Waals surface area contributed by atoms with Crippen LogP contribution in [0.3, 0.4) is 0 Å². The smallest absolute Gasteiger partial charge is 0.223 e. The van der Waals surface area contributed by atoms with Crippen molar-refractivity contribution in [2.75, 3.05) is 32.8 Å². The van der Waals surface area contributed by atoms with Crippen LogP contribution in [0.4, 0.5) is 0 Å². The van der Waals surface area contributed by atoms with Crippen LogP contribution in [0.1, 0.15) is 64.0 Å². The molecule has 0 unspecified atom stereocenters. The van der Waals surface area contributed by atoms with E-state index in [2.05, 4.69) is 61.8 Å². The third kappa shape index (κ3) is 4.91. The molecule has 150 valence electrons. The molecule has 4 nitrogen and oxygen atoms in total. The number of carbonyl (C=O) groups excluding carboxylic acids is 1. The molecule has 0 bridgehead atoms. The molecule has 1 aromatic carbocycles. The first-order chi connectivity index (χ1) is 12.9. The third-order valence-electron chi connectivity index (χ3n) is 6.13. The fourth-order valence-corrected chi connectivity index (χ4v) is 4.39. The molecule has 0 N–H and O–H groups in total. The van der Waals surface area contributed by atoms with Crippen molar-refractivity contribution in [1.29, 1.82) is 0 Å². The number of ether oxygens (including phenoxy) is 1. The summed E-state index contributed by atoms with van der Waals surface area (Å²) < 4.78 is 5.82. The molecular weight excluding hydrogens is 336 g/mol. The summed E-state index contributed by atoms with van der Waals surface area (Å²) in [5.74, 6) is 1.30. The minimum Gasteiger partial charge on any atom is -0.377 e. The van der Waals surface area contributed by atoms with Crippen molar-refractivity contribution >= 4 is 5.91 Å². The Bertz CT molecular complexity index is 616. The van der Waals surface area contributed by atoms with Crippen molar-refractivity contribution < 1.29 is 9.53 Å². The van der Waals surface area contributed by atoms with Gasteiger partial charge in [-0.1, -0.05) is 52.0 Å². The molecule has 0 aliphatic carbocycles. The van der Waals surface area contributed by atoms with Gasteiger partial charge in [0.1, 0.15) is 0 Å². The van der Waals surface area contributed by atoms with Crippen LogP contribution in [0.2, 0.25) is 0 Å². The maximum absolute atomic E-state index is 12.8. The number of rotatable bonds is 5. The number of carbonyl (C=O) groups is 1. The van der Waals surface area contributed by atoms with Gasteiger partial charge in [-0.15, -0.1) is 0 Å². The van der Waals surface area contributed by atoms with E-state index in [9.17, 15) is 4.79 Å². The van der Waals surface area contributed by atoms with E-state index >= 15 is 0 Å². The second kappa shape index (κ2) is 8.74. The first-order valence-corrected chi connectivity index (χ1v) is 10.6. The maximum Gasteiger partial charge on any atom is 0.223 e. The summed E-state index contributed by atoms with van der Waals surface area (Å²) in [7, 11) is 0. The zero-order valence-corrected chi connectivity index (χ0v) is 17.5. The van der Waals surface area contributed by atoms with Crippen LogP contribution in [0.5, 0.6) is 0 Å². The molecule has 0 atom stereocenters. The maximum atomic E-state index is 12.8. The molecule has 0 aromatic heterocycles. The molecule has 27 heavy (non-hydrogen) atoms. The van der Waals surface area contributed by atoms with Gasteiger partial charge in [-0.2, -0.15) is 0 Å². The van der Waals surface area contributed by atoms with E-state index in [1.165, 1.54) is 11.1 Å². The molecule has 4 heteroatoms. The molecular formula is C23H36N2O2. The molecule has 1 aromatic rings. The number of hydrogen-bond donors (Lipinski definition) is 0. The Kier molecular flexibility index (Phi) is 6.59. The van der Waals surface area contributed by atoms with Crippen LogP contribution < -0.4 is 0 Å². The first kappa shape index (κ1) is 20.3. The predicted octanol–water partition coefficient (Wildman–Crippen LogP) is 4.05. The highest BCUT2D eigenvalue weighted by Gasteiger charge is 2.44. The van der Waals surface area contributed by atoms with Gasteiger partial charge in [-0.05, 0) is 35.8 Å².